The van der Waals surface area contributed by atoms with E-state index in [1.54, 1.807) is 18.2 Å². The SMILES string of the molecule is Cc1c(C(Cc2ccc(Cl)c(Cl)c2)C(=O)O)c2cc(F)ccc2[nH]c1=O. The molecule has 0 saturated carbocycles. The van der Waals surface area contributed by atoms with E-state index < -0.39 is 23.3 Å². The van der Waals surface area contributed by atoms with Crippen molar-refractivity contribution >= 4 is 40.1 Å². The molecule has 0 fully saturated rings. The van der Waals surface area contributed by atoms with Crippen molar-refractivity contribution in [2.24, 2.45) is 0 Å². The van der Waals surface area contributed by atoms with Crippen molar-refractivity contribution in [1.29, 1.82) is 0 Å². The summed E-state index contributed by atoms with van der Waals surface area (Å²) in [5, 5.41) is 10.8. The number of carbonyl (C=O) groups is 1. The molecule has 1 atom stereocenters. The molecule has 0 saturated heterocycles. The lowest BCUT2D eigenvalue weighted by atomic mass is 9.87. The Kier molecular flexibility index (Phi) is 5.03. The van der Waals surface area contributed by atoms with Gasteiger partial charge in [-0.3, -0.25) is 9.59 Å². The van der Waals surface area contributed by atoms with E-state index in [-0.39, 0.29) is 12.0 Å². The van der Waals surface area contributed by atoms with Crippen molar-refractivity contribution in [3.63, 3.8) is 0 Å². The molecule has 2 N–H and O–H groups in total. The molecule has 1 unspecified atom stereocenters. The highest BCUT2D eigenvalue weighted by Crippen LogP contribution is 2.31. The van der Waals surface area contributed by atoms with Crippen LogP contribution in [0.25, 0.3) is 10.9 Å². The molecule has 3 aromatic rings. The molecule has 2 aromatic carbocycles. The standard InChI is InChI=1S/C19H14Cl2FNO3/c1-9-17(12-8-11(22)3-5-16(12)23-18(9)24)13(19(25)26)6-10-2-4-14(20)15(21)7-10/h2-5,7-8,13H,6H2,1H3,(H,23,24)(H,25,26). The smallest absolute Gasteiger partial charge is 0.311 e. The number of nitrogens with one attached hydrogen (secondary N) is 1. The largest absolute Gasteiger partial charge is 0.481 e. The molecule has 0 bridgehead atoms. The summed E-state index contributed by atoms with van der Waals surface area (Å²) in [6.45, 7) is 1.53. The third kappa shape index (κ3) is 3.45. The van der Waals surface area contributed by atoms with Gasteiger partial charge in [-0.05, 0) is 54.8 Å². The quantitative estimate of drug-likeness (QED) is 0.674. The van der Waals surface area contributed by atoms with Gasteiger partial charge in [0.15, 0.2) is 0 Å². The number of benzene rings is 2. The molecule has 0 spiro atoms. The van der Waals surface area contributed by atoms with E-state index in [4.69, 9.17) is 23.2 Å². The van der Waals surface area contributed by atoms with Crippen LogP contribution in [0.15, 0.2) is 41.2 Å². The van der Waals surface area contributed by atoms with Crippen LogP contribution in [0.4, 0.5) is 4.39 Å². The van der Waals surface area contributed by atoms with Crippen LogP contribution in [0.1, 0.15) is 22.6 Å². The number of aliphatic carboxylic acids is 1. The van der Waals surface area contributed by atoms with Gasteiger partial charge in [0.25, 0.3) is 5.56 Å². The van der Waals surface area contributed by atoms with Gasteiger partial charge in [-0.25, -0.2) is 4.39 Å². The molecule has 1 heterocycles. The van der Waals surface area contributed by atoms with E-state index in [0.717, 1.165) is 0 Å². The van der Waals surface area contributed by atoms with Crippen molar-refractivity contribution in [1.82, 2.24) is 4.98 Å². The number of pyridine rings is 1. The van der Waals surface area contributed by atoms with Crippen LogP contribution >= 0.6 is 23.2 Å². The van der Waals surface area contributed by atoms with Crippen LogP contribution in [-0.4, -0.2) is 16.1 Å². The molecular weight excluding hydrogens is 380 g/mol. The number of rotatable bonds is 4. The molecule has 26 heavy (non-hydrogen) atoms. The van der Waals surface area contributed by atoms with Crippen LogP contribution in [-0.2, 0) is 11.2 Å². The van der Waals surface area contributed by atoms with Crippen molar-refractivity contribution in [2.45, 2.75) is 19.3 Å². The van der Waals surface area contributed by atoms with Crippen LogP contribution in [0.5, 0.6) is 0 Å². The first kappa shape index (κ1) is 18.4. The average Bonchev–Trinajstić information content (AvgIpc) is 2.58. The van der Waals surface area contributed by atoms with Gasteiger partial charge in [-0.1, -0.05) is 29.3 Å². The van der Waals surface area contributed by atoms with E-state index in [1.807, 2.05) is 0 Å². The second-order valence-electron chi connectivity index (χ2n) is 6.03. The van der Waals surface area contributed by atoms with Crippen molar-refractivity contribution in [2.75, 3.05) is 0 Å². The predicted molar refractivity (Wildman–Crippen MR) is 99.8 cm³/mol. The maximum atomic E-state index is 13.8. The molecule has 134 valence electrons. The molecule has 7 heteroatoms. The van der Waals surface area contributed by atoms with Crippen LogP contribution in [0.2, 0.25) is 10.0 Å². The minimum Gasteiger partial charge on any atom is -0.481 e. The van der Waals surface area contributed by atoms with Crippen molar-refractivity contribution in [3.05, 3.63) is 79.3 Å². The number of aromatic nitrogens is 1. The summed E-state index contributed by atoms with van der Waals surface area (Å²) in [5.41, 5.74) is 1.17. The molecule has 0 aliphatic rings. The zero-order valence-electron chi connectivity index (χ0n) is 13.6. The molecule has 4 nitrogen and oxygen atoms in total. The van der Waals surface area contributed by atoms with Gasteiger partial charge in [0.1, 0.15) is 5.82 Å². The highest BCUT2D eigenvalue weighted by molar-refractivity contribution is 6.42. The molecule has 0 aliphatic heterocycles. The lowest BCUT2D eigenvalue weighted by Crippen LogP contribution is -2.21. The number of halogens is 3. The highest BCUT2D eigenvalue weighted by atomic mass is 35.5. The van der Waals surface area contributed by atoms with E-state index in [0.29, 0.717) is 32.1 Å². The molecular formula is C19H14Cl2FNO3. The van der Waals surface area contributed by atoms with Crippen LogP contribution < -0.4 is 5.56 Å². The Balaban J connectivity index is 2.20. The molecule has 1 aromatic heterocycles. The lowest BCUT2D eigenvalue weighted by Gasteiger charge is -2.18. The molecule has 3 rings (SSSR count). The molecule has 0 aliphatic carbocycles. The number of aromatic amines is 1. The van der Waals surface area contributed by atoms with Crippen molar-refractivity contribution < 1.29 is 14.3 Å². The minimum atomic E-state index is -1.12. The van der Waals surface area contributed by atoms with Gasteiger partial charge in [-0.15, -0.1) is 0 Å². The fraction of sp³-hybridized carbons (Fsp3) is 0.158. The number of H-pyrrole nitrogens is 1. The number of carboxylic acids is 1. The monoisotopic (exact) mass is 393 g/mol. The zero-order valence-corrected chi connectivity index (χ0v) is 15.2. The van der Waals surface area contributed by atoms with Gasteiger partial charge in [0, 0.05) is 16.5 Å². The number of hydrogen-bond acceptors (Lipinski definition) is 2. The second-order valence-corrected chi connectivity index (χ2v) is 6.84. The third-order valence-electron chi connectivity index (χ3n) is 4.33. The van der Waals surface area contributed by atoms with Crippen molar-refractivity contribution in [3.8, 4) is 0 Å². The third-order valence-corrected chi connectivity index (χ3v) is 5.07. The first-order valence-corrected chi connectivity index (χ1v) is 8.52. The Morgan fingerprint density at radius 1 is 1.19 bits per heavy atom. The number of carboxylic acid groups (broad SMARTS) is 1. The van der Waals surface area contributed by atoms with Gasteiger partial charge < -0.3 is 10.1 Å². The van der Waals surface area contributed by atoms with E-state index in [9.17, 15) is 19.1 Å². The minimum absolute atomic E-state index is 0.0854. The summed E-state index contributed by atoms with van der Waals surface area (Å²) < 4.78 is 13.8. The summed E-state index contributed by atoms with van der Waals surface area (Å²) in [6, 6.07) is 8.72. The average molecular weight is 394 g/mol. The highest BCUT2D eigenvalue weighted by Gasteiger charge is 2.26. The zero-order chi connectivity index (χ0) is 19.0. The lowest BCUT2D eigenvalue weighted by molar-refractivity contribution is -0.138. The van der Waals surface area contributed by atoms with Gasteiger partial charge in [-0.2, -0.15) is 0 Å². The number of hydrogen-bond donors (Lipinski definition) is 2. The number of fused-ring (bicyclic) bond motifs is 1. The van der Waals surface area contributed by atoms with Gasteiger partial charge >= 0.3 is 5.97 Å². The Bertz CT molecular complexity index is 1080. The van der Waals surface area contributed by atoms with E-state index in [1.165, 1.54) is 25.1 Å². The summed E-state index contributed by atoms with van der Waals surface area (Å²) in [7, 11) is 0. The first-order chi connectivity index (χ1) is 12.3. The van der Waals surface area contributed by atoms with Crippen LogP contribution in [0, 0.1) is 12.7 Å². The topological polar surface area (TPSA) is 70.2 Å². The predicted octanol–water partition coefficient (Wildman–Crippen LogP) is 4.69. The summed E-state index contributed by atoms with van der Waals surface area (Å²) >= 11 is 11.9. The normalized spacial score (nSPS) is 12.3. The van der Waals surface area contributed by atoms with Crippen LogP contribution in [0.3, 0.4) is 0 Å². The van der Waals surface area contributed by atoms with E-state index in [2.05, 4.69) is 4.98 Å². The van der Waals surface area contributed by atoms with E-state index >= 15 is 0 Å². The Hall–Kier alpha value is -2.37. The second kappa shape index (κ2) is 7.09. The maximum Gasteiger partial charge on any atom is 0.311 e. The summed E-state index contributed by atoms with van der Waals surface area (Å²) in [6.07, 6.45) is 0.0854. The summed E-state index contributed by atoms with van der Waals surface area (Å²) in [4.78, 5) is 26.9. The molecule has 0 amide bonds. The maximum absolute atomic E-state index is 13.8. The Morgan fingerprint density at radius 3 is 2.58 bits per heavy atom. The van der Waals surface area contributed by atoms with Gasteiger partial charge in [0.05, 0.1) is 16.0 Å². The first-order valence-electron chi connectivity index (χ1n) is 7.76. The fourth-order valence-electron chi connectivity index (χ4n) is 3.05. The Morgan fingerprint density at radius 2 is 1.92 bits per heavy atom. The summed E-state index contributed by atoms with van der Waals surface area (Å²) in [5.74, 6) is -2.67. The van der Waals surface area contributed by atoms with Gasteiger partial charge in [0.2, 0.25) is 0 Å². The molecule has 0 radical (unpaired) electrons. The fourth-order valence-corrected chi connectivity index (χ4v) is 3.37. The Labute approximate surface area is 158 Å².